The first kappa shape index (κ1) is 32.7. The minimum absolute atomic E-state index is 0.0225. The zero-order valence-electron chi connectivity index (χ0n) is 26.0. The van der Waals surface area contributed by atoms with E-state index in [2.05, 4.69) is 13.8 Å². The molecule has 9 heteroatoms. The van der Waals surface area contributed by atoms with Crippen molar-refractivity contribution in [3.8, 4) is 0 Å². The molecular weight excluding hydrogens is 540 g/mol. The zero-order valence-corrected chi connectivity index (χ0v) is 26.0. The van der Waals surface area contributed by atoms with Crippen molar-refractivity contribution in [1.29, 1.82) is 0 Å². The van der Waals surface area contributed by atoms with Crippen LogP contribution in [0.4, 0.5) is 0 Å². The molecule has 0 spiro atoms. The first-order chi connectivity index (χ1) is 19.8. The standard InChI is InChI=1S/C33H56O9/c1-17(16-41-31-30(40)29(39)28(38)26(15-34)42-31)5-8-24(36)18(2)27-25(37)14-23-21-7-6-19-13-20(35)9-11-32(19,3)22(21)10-12-33(23,27)4/h17-23,25-31,34-35,37-40H,5-16H2,1-4H3/t17-,18+,19+,20-,21+,22-,23-,25-,26+,27-,28+,29-,30+,31+,32-,33-/m0/s1. The summed E-state index contributed by atoms with van der Waals surface area (Å²) in [5, 5.41) is 61.3. The van der Waals surface area contributed by atoms with E-state index in [1.807, 2.05) is 13.8 Å². The highest BCUT2D eigenvalue weighted by Gasteiger charge is 2.63. The highest BCUT2D eigenvalue weighted by molar-refractivity contribution is 5.81. The lowest BCUT2D eigenvalue weighted by Gasteiger charge is -2.61. The molecule has 0 aromatic heterocycles. The van der Waals surface area contributed by atoms with Crippen molar-refractivity contribution in [1.82, 2.24) is 0 Å². The van der Waals surface area contributed by atoms with E-state index in [0.29, 0.717) is 36.5 Å². The van der Waals surface area contributed by atoms with Gasteiger partial charge in [-0.05, 0) is 104 Å². The molecule has 242 valence electrons. The number of carbonyl (C=O) groups is 1. The van der Waals surface area contributed by atoms with Gasteiger partial charge in [-0.1, -0.05) is 27.7 Å². The second-order valence-electron chi connectivity index (χ2n) is 15.4. The van der Waals surface area contributed by atoms with Crippen LogP contribution in [0, 0.1) is 52.3 Å². The summed E-state index contributed by atoms with van der Waals surface area (Å²) < 4.78 is 11.1. The maximum absolute atomic E-state index is 13.5. The zero-order chi connectivity index (χ0) is 30.6. The van der Waals surface area contributed by atoms with Gasteiger partial charge in [0.25, 0.3) is 0 Å². The number of hydrogen-bond acceptors (Lipinski definition) is 9. The van der Waals surface area contributed by atoms with E-state index in [1.165, 1.54) is 12.8 Å². The minimum atomic E-state index is -1.48. The average Bonchev–Trinajstić information content (AvgIpc) is 3.24. The van der Waals surface area contributed by atoms with Gasteiger partial charge in [0.1, 0.15) is 30.2 Å². The number of aliphatic hydroxyl groups excluding tert-OH is 6. The SMILES string of the molecule is C[C@@H](CCC(=O)[C@@H](C)[C@H]1[C@@H](O)C[C@H]2[C@@H]3CC[C@@H]4C[C@@H](O)CC[C@]4(C)[C@H]3CC[C@]12C)CO[C@@H]1O[C@H](CO)[C@@H](O)[C@H](O)[C@H]1O. The van der Waals surface area contributed by atoms with E-state index in [9.17, 15) is 35.4 Å². The van der Waals surface area contributed by atoms with E-state index < -0.39 is 43.4 Å². The maximum Gasteiger partial charge on any atom is 0.186 e. The van der Waals surface area contributed by atoms with Crippen LogP contribution in [-0.4, -0.2) is 92.5 Å². The maximum atomic E-state index is 13.5. The topological polar surface area (TPSA) is 157 Å². The summed E-state index contributed by atoms with van der Waals surface area (Å²) in [6.45, 7) is 8.45. The molecule has 4 saturated carbocycles. The number of rotatable bonds is 9. The van der Waals surface area contributed by atoms with Crippen LogP contribution >= 0.6 is 0 Å². The third-order valence-corrected chi connectivity index (χ3v) is 13.1. The number of ether oxygens (including phenoxy) is 2. The van der Waals surface area contributed by atoms with E-state index in [-0.39, 0.29) is 47.1 Å². The molecular formula is C33H56O9. The lowest BCUT2D eigenvalue weighted by molar-refractivity contribution is -0.303. The first-order valence-corrected chi connectivity index (χ1v) is 16.6. The summed E-state index contributed by atoms with van der Waals surface area (Å²) in [4.78, 5) is 13.5. The van der Waals surface area contributed by atoms with Gasteiger partial charge in [0.15, 0.2) is 6.29 Å². The van der Waals surface area contributed by atoms with Crippen LogP contribution < -0.4 is 0 Å². The van der Waals surface area contributed by atoms with Crippen LogP contribution in [0.25, 0.3) is 0 Å². The Morgan fingerprint density at radius 3 is 2.33 bits per heavy atom. The Kier molecular flexibility index (Phi) is 9.84. The lowest BCUT2D eigenvalue weighted by Crippen LogP contribution is -2.59. The third-order valence-electron chi connectivity index (χ3n) is 13.1. The van der Waals surface area contributed by atoms with Crippen molar-refractivity contribution in [3.05, 3.63) is 0 Å². The minimum Gasteiger partial charge on any atom is -0.394 e. The second kappa shape index (κ2) is 12.6. The van der Waals surface area contributed by atoms with Crippen molar-refractivity contribution in [2.75, 3.05) is 13.2 Å². The van der Waals surface area contributed by atoms with Gasteiger partial charge in [0.2, 0.25) is 0 Å². The van der Waals surface area contributed by atoms with E-state index >= 15 is 0 Å². The highest BCUT2D eigenvalue weighted by atomic mass is 16.7. The van der Waals surface area contributed by atoms with Crippen molar-refractivity contribution < 1.29 is 44.9 Å². The van der Waals surface area contributed by atoms with Crippen molar-refractivity contribution in [2.24, 2.45) is 52.3 Å². The predicted octanol–water partition coefficient (Wildman–Crippen LogP) is 2.42. The molecule has 0 amide bonds. The predicted molar refractivity (Wildman–Crippen MR) is 155 cm³/mol. The smallest absolute Gasteiger partial charge is 0.186 e. The summed E-state index contributed by atoms with van der Waals surface area (Å²) in [5.41, 5.74) is 0.229. The summed E-state index contributed by atoms with van der Waals surface area (Å²) in [6.07, 6.45) is 2.06. The highest BCUT2D eigenvalue weighted by Crippen LogP contribution is 2.68. The summed E-state index contributed by atoms with van der Waals surface area (Å²) in [6, 6.07) is 0. The number of carbonyl (C=O) groups excluding carboxylic acids is 1. The quantitative estimate of drug-likeness (QED) is 0.235. The normalized spacial score (nSPS) is 50.3. The van der Waals surface area contributed by atoms with Gasteiger partial charge in [0, 0.05) is 12.3 Å². The fraction of sp³-hybridized carbons (Fsp3) is 0.970. The molecule has 5 rings (SSSR count). The number of fused-ring (bicyclic) bond motifs is 5. The molecule has 4 aliphatic carbocycles. The fourth-order valence-electron chi connectivity index (χ4n) is 10.6. The first-order valence-electron chi connectivity index (χ1n) is 16.6. The van der Waals surface area contributed by atoms with E-state index in [1.54, 1.807) is 0 Å². The van der Waals surface area contributed by atoms with Crippen LogP contribution in [0.1, 0.15) is 91.9 Å². The van der Waals surface area contributed by atoms with Crippen molar-refractivity contribution in [2.45, 2.75) is 135 Å². The number of hydrogen-bond donors (Lipinski definition) is 6. The van der Waals surface area contributed by atoms with Crippen LogP contribution in [-0.2, 0) is 14.3 Å². The molecule has 0 bridgehead atoms. The van der Waals surface area contributed by atoms with Crippen LogP contribution in [0.3, 0.4) is 0 Å². The van der Waals surface area contributed by atoms with E-state index in [4.69, 9.17) is 9.47 Å². The summed E-state index contributed by atoms with van der Waals surface area (Å²) >= 11 is 0. The van der Waals surface area contributed by atoms with Crippen LogP contribution in [0.5, 0.6) is 0 Å². The van der Waals surface area contributed by atoms with Gasteiger partial charge in [-0.15, -0.1) is 0 Å². The molecule has 42 heavy (non-hydrogen) atoms. The molecule has 16 atom stereocenters. The number of ketones is 1. The number of Topliss-reactive ketones (excluding diaryl/α,β-unsaturated/α-hetero) is 1. The van der Waals surface area contributed by atoms with Crippen molar-refractivity contribution >= 4 is 5.78 Å². The van der Waals surface area contributed by atoms with Gasteiger partial charge < -0.3 is 40.1 Å². The van der Waals surface area contributed by atoms with E-state index in [0.717, 1.165) is 38.5 Å². The van der Waals surface area contributed by atoms with Gasteiger partial charge in [0.05, 0.1) is 25.4 Å². The molecule has 0 radical (unpaired) electrons. The molecule has 1 heterocycles. The Bertz CT molecular complexity index is 944. The molecule has 0 aromatic rings. The number of aliphatic hydroxyl groups is 6. The monoisotopic (exact) mass is 596 g/mol. The molecule has 9 nitrogen and oxygen atoms in total. The Labute approximate surface area is 251 Å². The van der Waals surface area contributed by atoms with Crippen molar-refractivity contribution in [3.63, 3.8) is 0 Å². The molecule has 1 saturated heterocycles. The summed E-state index contributed by atoms with van der Waals surface area (Å²) in [5.74, 6) is 2.12. The van der Waals surface area contributed by atoms with Gasteiger partial charge in [-0.25, -0.2) is 0 Å². The van der Waals surface area contributed by atoms with Gasteiger partial charge >= 0.3 is 0 Å². The second-order valence-corrected chi connectivity index (χ2v) is 15.4. The van der Waals surface area contributed by atoms with Gasteiger partial charge in [-0.3, -0.25) is 4.79 Å². The Morgan fingerprint density at radius 2 is 1.62 bits per heavy atom. The van der Waals surface area contributed by atoms with Gasteiger partial charge in [-0.2, -0.15) is 0 Å². The summed E-state index contributed by atoms with van der Waals surface area (Å²) in [7, 11) is 0. The van der Waals surface area contributed by atoms with Crippen LogP contribution in [0.2, 0.25) is 0 Å². The molecule has 1 aliphatic heterocycles. The largest absolute Gasteiger partial charge is 0.394 e. The van der Waals surface area contributed by atoms with Crippen LogP contribution in [0.15, 0.2) is 0 Å². The molecule has 0 aromatic carbocycles. The molecule has 0 unspecified atom stereocenters. The Hall–Kier alpha value is -0.650. The average molecular weight is 597 g/mol. The fourth-order valence-corrected chi connectivity index (χ4v) is 10.6. The Morgan fingerprint density at radius 1 is 0.905 bits per heavy atom. The molecule has 5 aliphatic rings. The lowest BCUT2D eigenvalue weighted by atomic mass is 9.44. The molecule has 6 N–H and O–H groups in total. The molecule has 5 fully saturated rings. The Balaban J connectivity index is 1.16. The third kappa shape index (κ3) is 5.75.